The zero-order valence-electron chi connectivity index (χ0n) is 7.79. The van der Waals surface area contributed by atoms with Gasteiger partial charge in [-0.15, -0.1) is 0 Å². The van der Waals surface area contributed by atoms with Crippen LogP contribution in [0.25, 0.3) is 0 Å². The number of hydrogen-bond acceptors (Lipinski definition) is 3. The number of carbonyl (C=O) groups excluding carboxylic acids is 2. The zero-order chi connectivity index (χ0) is 10.1. The number of methoxy groups -OCH3 is 1. The van der Waals surface area contributed by atoms with Crippen LogP contribution in [0.5, 0.6) is 0 Å². The summed E-state index contributed by atoms with van der Waals surface area (Å²) in [6, 6.07) is 0. The molecule has 74 valence electrons. The van der Waals surface area contributed by atoms with E-state index in [1.54, 1.807) is 6.08 Å². The van der Waals surface area contributed by atoms with Crippen LogP contribution in [0.4, 0.5) is 0 Å². The number of hydrogen-bond donors (Lipinski definition) is 1. The van der Waals surface area contributed by atoms with E-state index in [4.69, 9.17) is 5.73 Å². The summed E-state index contributed by atoms with van der Waals surface area (Å²) >= 11 is 0. The first-order valence-corrected chi connectivity index (χ1v) is 4.19. The van der Waals surface area contributed by atoms with Gasteiger partial charge in [-0.1, -0.05) is 6.08 Å². The molecule has 0 radical (unpaired) electrons. The zero-order valence-corrected chi connectivity index (χ0v) is 7.79. The summed E-state index contributed by atoms with van der Waals surface area (Å²) in [7, 11) is 1.37. The van der Waals surface area contributed by atoms with Crippen molar-refractivity contribution in [3.8, 4) is 0 Å². The lowest BCUT2D eigenvalue weighted by Gasteiger charge is -1.96. The maximum Gasteiger partial charge on any atom is 0.305 e. The van der Waals surface area contributed by atoms with Crippen LogP contribution in [0, 0.1) is 0 Å². The number of carbonyl (C=O) groups is 2. The number of nitrogens with two attached hydrogens (primary N) is 1. The quantitative estimate of drug-likeness (QED) is 0.377. The van der Waals surface area contributed by atoms with Gasteiger partial charge in [0.1, 0.15) is 0 Å². The SMILES string of the molecule is COC(=O)CCCC/C=C/C(N)=O. The Bertz CT molecular complexity index is 199. The standard InChI is InChI=1S/C9H15NO3/c1-13-9(12)7-5-3-2-4-6-8(10)11/h4,6H,2-3,5,7H2,1H3,(H2,10,11)/b6-4+. The fourth-order valence-corrected chi connectivity index (χ4v) is 0.833. The summed E-state index contributed by atoms with van der Waals surface area (Å²) in [6.07, 6.45) is 5.87. The van der Waals surface area contributed by atoms with Gasteiger partial charge in [-0.25, -0.2) is 0 Å². The van der Waals surface area contributed by atoms with E-state index in [9.17, 15) is 9.59 Å². The highest BCUT2D eigenvalue weighted by atomic mass is 16.5. The van der Waals surface area contributed by atoms with Crippen molar-refractivity contribution in [2.75, 3.05) is 7.11 Å². The average molecular weight is 185 g/mol. The molecule has 4 heteroatoms. The predicted molar refractivity (Wildman–Crippen MR) is 48.8 cm³/mol. The largest absolute Gasteiger partial charge is 0.469 e. The minimum atomic E-state index is -0.437. The molecule has 0 aliphatic carbocycles. The Morgan fingerprint density at radius 2 is 2.08 bits per heavy atom. The maximum atomic E-state index is 10.6. The van der Waals surface area contributed by atoms with E-state index in [2.05, 4.69) is 4.74 Å². The van der Waals surface area contributed by atoms with Crippen molar-refractivity contribution in [1.82, 2.24) is 0 Å². The molecule has 0 aromatic carbocycles. The van der Waals surface area contributed by atoms with Crippen molar-refractivity contribution in [2.45, 2.75) is 25.7 Å². The van der Waals surface area contributed by atoms with Crippen LogP contribution in [-0.4, -0.2) is 19.0 Å². The molecule has 0 atom stereocenters. The van der Waals surface area contributed by atoms with Gasteiger partial charge < -0.3 is 10.5 Å². The Morgan fingerprint density at radius 1 is 1.38 bits per heavy atom. The molecule has 0 unspecified atom stereocenters. The molecule has 0 aromatic heterocycles. The second-order valence-corrected chi connectivity index (χ2v) is 2.63. The number of ether oxygens (including phenoxy) is 1. The predicted octanol–water partition coefficient (Wildman–Crippen LogP) is 0.761. The summed E-state index contributed by atoms with van der Waals surface area (Å²) < 4.78 is 4.46. The highest BCUT2D eigenvalue weighted by molar-refractivity contribution is 5.85. The van der Waals surface area contributed by atoms with Crippen molar-refractivity contribution in [3.05, 3.63) is 12.2 Å². The van der Waals surface area contributed by atoms with Crippen LogP contribution < -0.4 is 5.73 Å². The van der Waals surface area contributed by atoms with E-state index in [0.29, 0.717) is 6.42 Å². The first-order chi connectivity index (χ1) is 6.16. The molecule has 0 aliphatic heterocycles. The summed E-state index contributed by atoms with van der Waals surface area (Å²) in [5, 5.41) is 0. The van der Waals surface area contributed by atoms with Gasteiger partial charge in [-0.3, -0.25) is 9.59 Å². The van der Waals surface area contributed by atoms with Crippen molar-refractivity contribution >= 4 is 11.9 Å². The number of primary amides is 1. The van der Waals surface area contributed by atoms with Gasteiger partial charge in [0.25, 0.3) is 0 Å². The number of amides is 1. The third-order valence-electron chi connectivity index (χ3n) is 1.51. The van der Waals surface area contributed by atoms with Crippen LogP contribution in [-0.2, 0) is 14.3 Å². The molecule has 0 aliphatic rings. The molecule has 13 heavy (non-hydrogen) atoms. The number of rotatable bonds is 6. The molecule has 0 rings (SSSR count). The maximum absolute atomic E-state index is 10.6. The van der Waals surface area contributed by atoms with Crippen molar-refractivity contribution in [1.29, 1.82) is 0 Å². The third-order valence-corrected chi connectivity index (χ3v) is 1.51. The lowest BCUT2D eigenvalue weighted by atomic mass is 10.2. The Morgan fingerprint density at radius 3 is 2.62 bits per heavy atom. The lowest BCUT2D eigenvalue weighted by molar-refractivity contribution is -0.140. The smallest absolute Gasteiger partial charge is 0.305 e. The Kier molecular flexibility index (Phi) is 6.59. The molecule has 0 heterocycles. The summed E-state index contributed by atoms with van der Waals surface area (Å²) in [5.41, 5.74) is 4.88. The molecular formula is C9H15NO3. The van der Waals surface area contributed by atoms with Crippen molar-refractivity contribution in [2.24, 2.45) is 5.73 Å². The van der Waals surface area contributed by atoms with E-state index >= 15 is 0 Å². The van der Waals surface area contributed by atoms with E-state index in [1.165, 1.54) is 13.2 Å². The fraction of sp³-hybridized carbons (Fsp3) is 0.556. The van der Waals surface area contributed by atoms with Crippen molar-refractivity contribution < 1.29 is 14.3 Å². The van der Waals surface area contributed by atoms with Gasteiger partial charge in [0.15, 0.2) is 0 Å². The van der Waals surface area contributed by atoms with Gasteiger partial charge in [-0.05, 0) is 25.3 Å². The molecule has 0 saturated heterocycles. The summed E-state index contributed by atoms with van der Waals surface area (Å²) in [4.78, 5) is 20.9. The molecule has 0 aromatic rings. The number of esters is 1. The minimum absolute atomic E-state index is 0.195. The van der Waals surface area contributed by atoms with Gasteiger partial charge in [0.05, 0.1) is 7.11 Å². The molecule has 4 nitrogen and oxygen atoms in total. The molecule has 0 spiro atoms. The molecule has 2 N–H and O–H groups in total. The molecule has 0 bridgehead atoms. The van der Waals surface area contributed by atoms with Gasteiger partial charge in [0, 0.05) is 6.42 Å². The lowest BCUT2D eigenvalue weighted by Crippen LogP contribution is -2.05. The average Bonchev–Trinajstić information content (AvgIpc) is 2.10. The minimum Gasteiger partial charge on any atom is -0.469 e. The number of unbranched alkanes of at least 4 members (excludes halogenated alkanes) is 2. The number of allylic oxidation sites excluding steroid dienone is 1. The molecular weight excluding hydrogens is 170 g/mol. The first-order valence-electron chi connectivity index (χ1n) is 4.19. The summed E-state index contributed by atoms with van der Waals surface area (Å²) in [5.74, 6) is -0.633. The van der Waals surface area contributed by atoms with Crippen molar-refractivity contribution in [3.63, 3.8) is 0 Å². The highest BCUT2D eigenvalue weighted by Crippen LogP contribution is 2.01. The Hall–Kier alpha value is -1.32. The molecule has 0 fully saturated rings. The second-order valence-electron chi connectivity index (χ2n) is 2.63. The second kappa shape index (κ2) is 7.34. The van der Waals surface area contributed by atoms with E-state index in [-0.39, 0.29) is 5.97 Å². The van der Waals surface area contributed by atoms with Crippen LogP contribution in [0.1, 0.15) is 25.7 Å². The van der Waals surface area contributed by atoms with Gasteiger partial charge in [0.2, 0.25) is 5.91 Å². The topological polar surface area (TPSA) is 69.4 Å². The first kappa shape index (κ1) is 11.7. The third kappa shape index (κ3) is 8.59. The fourth-order valence-electron chi connectivity index (χ4n) is 0.833. The van der Waals surface area contributed by atoms with Crippen LogP contribution >= 0.6 is 0 Å². The van der Waals surface area contributed by atoms with E-state index in [1.807, 2.05) is 0 Å². The highest BCUT2D eigenvalue weighted by Gasteiger charge is 1.97. The van der Waals surface area contributed by atoms with E-state index in [0.717, 1.165) is 19.3 Å². The van der Waals surface area contributed by atoms with E-state index < -0.39 is 5.91 Å². The van der Waals surface area contributed by atoms with Crippen LogP contribution in [0.15, 0.2) is 12.2 Å². The Labute approximate surface area is 77.7 Å². The Balaban J connectivity index is 3.26. The monoisotopic (exact) mass is 185 g/mol. The normalized spacial score (nSPS) is 10.2. The molecule has 0 saturated carbocycles. The van der Waals surface area contributed by atoms with Gasteiger partial charge >= 0.3 is 5.97 Å². The van der Waals surface area contributed by atoms with Crippen LogP contribution in [0.2, 0.25) is 0 Å². The summed E-state index contributed by atoms with van der Waals surface area (Å²) in [6.45, 7) is 0. The van der Waals surface area contributed by atoms with Crippen LogP contribution in [0.3, 0.4) is 0 Å². The molecule has 1 amide bonds. The van der Waals surface area contributed by atoms with Gasteiger partial charge in [-0.2, -0.15) is 0 Å².